The summed E-state index contributed by atoms with van der Waals surface area (Å²) in [7, 11) is 0. The van der Waals surface area contributed by atoms with Gasteiger partial charge in [-0.25, -0.2) is 4.39 Å². The lowest BCUT2D eigenvalue weighted by molar-refractivity contribution is -0.114. The van der Waals surface area contributed by atoms with E-state index in [1.54, 1.807) is 24.5 Å². The molecule has 0 bridgehead atoms. The number of hydrogen-bond donors (Lipinski definition) is 0. The van der Waals surface area contributed by atoms with Crippen LogP contribution in [-0.4, -0.2) is 35.1 Å². The Bertz CT molecular complexity index is 1130. The average Bonchev–Trinajstić information content (AvgIpc) is 3.72. The van der Waals surface area contributed by atoms with Crippen LogP contribution in [0.1, 0.15) is 68.6 Å². The summed E-state index contributed by atoms with van der Waals surface area (Å²) in [6.07, 6.45) is 11.8. The zero-order chi connectivity index (χ0) is 24.9. The van der Waals surface area contributed by atoms with Crippen molar-refractivity contribution < 1.29 is 18.7 Å². The van der Waals surface area contributed by atoms with E-state index in [9.17, 15) is 9.18 Å². The summed E-state index contributed by atoms with van der Waals surface area (Å²) in [6.45, 7) is 1.29. The predicted molar refractivity (Wildman–Crippen MR) is 139 cm³/mol. The summed E-state index contributed by atoms with van der Waals surface area (Å²) in [4.78, 5) is 21.3. The van der Waals surface area contributed by atoms with Crippen molar-refractivity contribution >= 4 is 28.8 Å². The third-order valence-corrected chi connectivity index (χ3v) is 7.71. The highest BCUT2D eigenvalue weighted by atomic mass is 35.5. The van der Waals surface area contributed by atoms with Crippen LogP contribution < -0.4 is 4.74 Å². The highest BCUT2D eigenvalue weighted by molar-refractivity contribution is 6.32. The van der Waals surface area contributed by atoms with Crippen LogP contribution in [0.2, 0.25) is 0 Å². The van der Waals surface area contributed by atoms with Gasteiger partial charge < -0.3 is 9.47 Å². The molecule has 3 unspecified atom stereocenters. The maximum Gasteiger partial charge on any atom is 0.157 e. The largest absolute Gasteiger partial charge is 0.493 e. The first-order valence-electron chi connectivity index (χ1n) is 13.0. The number of carbonyl (C=O) groups excluding carboxylic acids is 1. The number of ether oxygens (including phenoxy) is 2. The smallest absolute Gasteiger partial charge is 0.157 e. The van der Waals surface area contributed by atoms with Crippen molar-refractivity contribution in [2.24, 2.45) is 16.8 Å². The number of carbonyl (C=O) groups is 1. The van der Waals surface area contributed by atoms with E-state index in [1.165, 1.54) is 25.0 Å². The first-order chi connectivity index (χ1) is 17.5. The fourth-order valence-electron chi connectivity index (χ4n) is 4.89. The summed E-state index contributed by atoms with van der Waals surface area (Å²) in [5.41, 5.74) is 3.37. The number of aliphatic imine (C=N–C) groups is 1. The van der Waals surface area contributed by atoms with Gasteiger partial charge in [0.25, 0.3) is 0 Å². The Labute approximate surface area is 216 Å². The first kappa shape index (κ1) is 25.1. The van der Waals surface area contributed by atoms with Crippen molar-refractivity contribution in [3.63, 3.8) is 0 Å². The van der Waals surface area contributed by atoms with Gasteiger partial charge in [0, 0.05) is 54.4 Å². The van der Waals surface area contributed by atoms with Crippen LogP contribution in [-0.2, 0) is 9.53 Å². The van der Waals surface area contributed by atoms with E-state index in [0.29, 0.717) is 49.3 Å². The Morgan fingerprint density at radius 3 is 2.72 bits per heavy atom. The molecule has 1 saturated heterocycles. The summed E-state index contributed by atoms with van der Waals surface area (Å²) < 4.78 is 26.1. The van der Waals surface area contributed by atoms with Gasteiger partial charge >= 0.3 is 0 Å². The SMILES string of the molecule is O=C1/C=C(/c2ccncc2)N=C(CCC2CCOC(c3ccc(F)cc3OCC3CC3)C2)C(Cl)CC1. The van der Waals surface area contributed by atoms with Crippen molar-refractivity contribution in [1.82, 2.24) is 4.98 Å². The summed E-state index contributed by atoms with van der Waals surface area (Å²) in [5, 5.41) is -0.269. The highest BCUT2D eigenvalue weighted by Gasteiger charge is 2.29. The maximum atomic E-state index is 14.0. The third kappa shape index (κ3) is 6.60. The lowest BCUT2D eigenvalue weighted by Crippen LogP contribution is -2.23. The van der Waals surface area contributed by atoms with Gasteiger partial charge in [-0.1, -0.05) is 0 Å². The van der Waals surface area contributed by atoms with E-state index in [0.717, 1.165) is 42.5 Å². The van der Waals surface area contributed by atoms with E-state index in [1.807, 2.05) is 12.1 Å². The maximum absolute atomic E-state index is 14.0. The molecule has 1 aromatic heterocycles. The second kappa shape index (κ2) is 11.7. The number of halogens is 2. The number of ketones is 1. The van der Waals surface area contributed by atoms with Gasteiger partial charge in [-0.15, -0.1) is 11.6 Å². The van der Waals surface area contributed by atoms with Gasteiger partial charge in [0.15, 0.2) is 5.78 Å². The molecule has 1 aromatic carbocycles. The van der Waals surface area contributed by atoms with E-state index >= 15 is 0 Å². The molecule has 1 saturated carbocycles. The Morgan fingerprint density at radius 1 is 1.08 bits per heavy atom. The summed E-state index contributed by atoms with van der Waals surface area (Å²) >= 11 is 6.72. The molecule has 0 N–H and O–H groups in total. The normalized spacial score (nSPS) is 26.4. The Balaban J connectivity index is 1.27. The molecule has 36 heavy (non-hydrogen) atoms. The first-order valence-corrected chi connectivity index (χ1v) is 13.4. The Morgan fingerprint density at radius 2 is 1.92 bits per heavy atom. The third-order valence-electron chi connectivity index (χ3n) is 7.24. The molecule has 190 valence electrons. The zero-order valence-electron chi connectivity index (χ0n) is 20.4. The topological polar surface area (TPSA) is 60.8 Å². The second-order valence-corrected chi connectivity index (χ2v) is 10.6. The lowest BCUT2D eigenvalue weighted by atomic mass is 9.87. The number of benzene rings is 1. The van der Waals surface area contributed by atoms with Crippen LogP contribution in [0.4, 0.5) is 4.39 Å². The van der Waals surface area contributed by atoms with Crippen LogP contribution in [0, 0.1) is 17.7 Å². The van der Waals surface area contributed by atoms with E-state index in [2.05, 4.69) is 4.98 Å². The zero-order valence-corrected chi connectivity index (χ0v) is 21.1. The molecule has 2 aliphatic heterocycles. The molecule has 0 radical (unpaired) electrons. The molecule has 7 heteroatoms. The minimum Gasteiger partial charge on any atom is -0.493 e. The molecule has 2 fully saturated rings. The van der Waals surface area contributed by atoms with Crippen LogP contribution in [0.15, 0.2) is 53.8 Å². The number of pyridine rings is 1. The average molecular weight is 511 g/mol. The minimum atomic E-state index is -0.288. The number of nitrogens with zero attached hydrogens (tertiary/aromatic N) is 2. The van der Waals surface area contributed by atoms with E-state index in [-0.39, 0.29) is 23.1 Å². The molecule has 5 nitrogen and oxygen atoms in total. The molecular weight excluding hydrogens is 479 g/mol. The monoisotopic (exact) mass is 510 g/mol. The number of hydrogen-bond acceptors (Lipinski definition) is 5. The second-order valence-electron chi connectivity index (χ2n) is 10.1. The van der Waals surface area contributed by atoms with Crippen LogP contribution in [0.5, 0.6) is 5.75 Å². The number of aromatic nitrogens is 1. The molecule has 2 aromatic rings. The molecular formula is C29H32ClFN2O3. The number of allylic oxidation sites excluding steroid dienone is 1. The quantitative estimate of drug-likeness (QED) is 0.370. The molecule has 3 heterocycles. The molecule has 0 amide bonds. The fraction of sp³-hybridized carbons (Fsp3) is 0.483. The van der Waals surface area contributed by atoms with Crippen molar-refractivity contribution in [2.75, 3.05) is 13.2 Å². The van der Waals surface area contributed by atoms with Crippen LogP contribution in [0.3, 0.4) is 0 Å². The molecule has 3 atom stereocenters. The van der Waals surface area contributed by atoms with Gasteiger partial charge in [0.1, 0.15) is 11.6 Å². The van der Waals surface area contributed by atoms with Crippen molar-refractivity contribution in [2.45, 2.75) is 62.8 Å². The predicted octanol–water partition coefficient (Wildman–Crippen LogP) is 6.71. The molecule has 1 aliphatic carbocycles. The standard InChI is InChI=1S/C29H32ClFN2O3/c30-25-7-5-23(34)17-27(21-9-12-32-13-10-21)33-26(25)8-3-19-11-14-35-28(15-19)24-6-4-22(31)16-29(24)36-18-20-1-2-20/h4,6,9-10,12-13,16-17,19-20,25,28H,1-3,5,7-8,11,14-15,18H2/b27-17-,33-26?. The van der Waals surface area contributed by atoms with Crippen molar-refractivity contribution in [3.05, 3.63) is 65.7 Å². The molecule has 0 spiro atoms. The Kier molecular flexibility index (Phi) is 8.12. The van der Waals surface area contributed by atoms with E-state index < -0.39 is 0 Å². The fourth-order valence-corrected chi connectivity index (χ4v) is 5.16. The van der Waals surface area contributed by atoms with Crippen molar-refractivity contribution in [1.29, 1.82) is 0 Å². The van der Waals surface area contributed by atoms with E-state index in [4.69, 9.17) is 26.1 Å². The van der Waals surface area contributed by atoms with Crippen molar-refractivity contribution in [3.8, 4) is 5.75 Å². The van der Waals surface area contributed by atoms with Gasteiger partial charge in [-0.05, 0) is 81.0 Å². The minimum absolute atomic E-state index is 0.0431. The molecule has 3 aliphatic rings. The van der Waals surface area contributed by atoms with Gasteiger partial charge in [-0.3, -0.25) is 14.8 Å². The summed E-state index contributed by atoms with van der Waals surface area (Å²) in [6, 6.07) is 8.50. The molecule has 5 rings (SSSR count). The highest BCUT2D eigenvalue weighted by Crippen LogP contribution is 2.39. The van der Waals surface area contributed by atoms with Crippen LogP contribution in [0.25, 0.3) is 5.70 Å². The summed E-state index contributed by atoms with van der Waals surface area (Å²) in [5.74, 6) is 1.38. The Hall–Kier alpha value is -2.57. The number of rotatable bonds is 8. The lowest BCUT2D eigenvalue weighted by Gasteiger charge is -2.31. The van der Waals surface area contributed by atoms with Gasteiger partial charge in [0.05, 0.1) is 23.8 Å². The van der Waals surface area contributed by atoms with Crippen LogP contribution >= 0.6 is 11.6 Å². The van der Waals surface area contributed by atoms with Gasteiger partial charge in [0.2, 0.25) is 0 Å². The number of alkyl halides is 1. The van der Waals surface area contributed by atoms with Gasteiger partial charge in [-0.2, -0.15) is 0 Å².